The second kappa shape index (κ2) is 4.42. The maximum atomic E-state index is 13.0. The van der Waals surface area contributed by atoms with E-state index in [1.54, 1.807) is 17.4 Å². The van der Waals surface area contributed by atoms with Gasteiger partial charge in [-0.2, -0.15) is 0 Å². The fraction of sp³-hybridized carbons (Fsp3) is 0.154. The van der Waals surface area contributed by atoms with Crippen LogP contribution in [0.4, 0.5) is 10.1 Å². The van der Waals surface area contributed by atoms with Crippen molar-refractivity contribution in [2.24, 2.45) is 0 Å². The van der Waals surface area contributed by atoms with E-state index in [1.165, 1.54) is 12.1 Å². The molecule has 0 unspecified atom stereocenters. The number of aromatic nitrogens is 2. The normalized spacial score (nSPS) is 11.0. The molecule has 3 rings (SSSR count). The highest BCUT2D eigenvalue weighted by atomic mass is 32.1. The van der Waals surface area contributed by atoms with Crippen LogP contribution in [-0.2, 0) is 6.54 Å². The summed E-state index contributed by atoms with van der Waals surface area (Å²) in [7, 11) is 0. The third kappa shape index (κ3) is 2.09. The Morgan fingerprint density at radius 1 is 1.44 bits per heavy atom. The van der Waals surface area contributed by atoms with Gasteiger partial charge < -0.3 is 5.32 Å². The predicted molar refractivity (Wildman–Crippen MR) is 71.5 cm³/mol. The number of anilines is 1. The second-order valence-corrected chi connectivity index (χ2v) is 5.01. The molecule has 0 saturated carbocycles. The van der Waals surface area contributed by atoms with E-state index in [0.717, 1.165) is 21.9 Å². The predicted octanol–water partition coefficient (Wildman–Crippen LogP) is 3.46. The van der Waals surface area contributed by atoms with Crippen molar-refractivity contribution in [1.29, 1.82) is 0 Å². The Bertz CT molecular complexity index is 658. The largest absolute Gasteiger partial charge is 0.379 e. The number of halogens is 1. The number of thiazole rings is 1. The molecule has 2 heterocycles. The molecule has 0 aliphatic rings. The van der Waals surface area contributed by atoms with Gasteiger partial charge in [-0.05, 0) is 30.7 Å². The smallest absolute Gasteiger partial charge is 0.193 e. The van der Waals surface area contributed by atoms with Gasteiger partial charge in [0, 0.05) is 23.5 Å². The zero-order chi connectivity index (χ0) is 12.5. The summed E-state index contributed by atoms with van der Waals surface area (Å²) in [5, 5.41) is 5.27. The molecule has 1 aromatic carbocycles. The summed E-state index contributed by atoms with van der Waals surface area (Å²) in [6.45, 7) is 2.53. The lowest BCUT2D eigenvalue weighted by atomic mass is 10.2. The summed E-state index contributed by atoms with van der Waals surface area (Å²) in [5.74, 6) is -0.208. The number of fused-ring (bicyclic) bond motifs is 1. The lowest BCUT2D eigenvalue weighted by molar-refractivity contribution is 0.627. The highest BCUT2D eigenvalue weighted by Crippen LogP contribution is 2.17. The molecular weight excluding hydrogens is 249 g/mol. The van der Waals surface area contributed by atoms with Gasteiger partial charge in [0.15, 0.2) is 4.96 Å². The van der Waals surface area contributed by atoms with E-state index in [4.69, 9.17) is 0 Å². The first-order valence-corrected chi connectivity index (χ1v) is 6.51. The van der Waals surface area contributed by atoms with Crippen LogP contribution >= 0.6 is 11.3 Å². The molecular formula is C13H12FN3S. The van der Waals surface area contributed by atoms with Crippen molar-refractivity contribution in [1.82, 2.24) is 9.38 Å². The molecule has 0 bridgehead atoms. The van der Waals surface area contributed by atoms with Crippen LogP contribution in [0, 0.1) is 12.7 Å². The van der Waals surface area contributed by atoms with E-state index in [-0.39, 0.29) is 5.82 Å². The van der Waals surface area contributed by atoms with Crippen LogP contribution in [0.25, 0.3) is 4.96 Å². The molecule has 0 amide bonds. The fourth-order valence-electron chi connectivity index (χ4n) is 1.87. The number of nitrogens with one attached hydrogen (secondary N) is 1. The Balaban J connectivity index is 1.76. The fourth-order valence-corrected chi connectivity index (χ4v) is 2.59. The SMILES string of the molecule is Cc1cc(F)ccc1NCc1cn2ccsc2n1. The van der Waals surface area contributed by atoms with Crippen molar-refractivity contribution in [2.75, 3.05) is 5.32 Å². The Morgan fingerprint density at radius 2 is 2.33 bits per heavy atom. The van der Waals surface area contributed by atoms with Gasteiger partial charge >= 0.3 is 0 Å². The minimum absolute atomic E-state index is 0.208. The standard InChI is InChI=1S/C13H12FN3S/c1-9-6-10(14)2-3-12(9)15-7-11-8-17-4-5-18-13(17)16-11/h2-6,8,15H,7H2,1H3. The molecule has 0 fully saturated rings. The third-order valence-electron chi connectivity index (χ3n) is 2.79. The summed E-state index contributed by atoms with van der Waals surface area (Å²) < 4.78 is 15.0. The molecule has 18 heavy (non-hydrogen) atoms. The van der Waals surface area contributed by atoms with E-state index in [2.05, 4.69) is 10.3 Å². The molecule has 0 spiro atoms. The Kier molecular flexibility index (Phi) is 2.76. The minimum Gasteiger partial charge on any atom is -0.379 e. The van der Waals surface area contributed by atoms with E-state index in [9.17, 15) is 4.39 Å². The molecule has 0 aliphatic carbocycles. The Hall–Kier alpha value is -1.88. The molecule has 2 aromatic heterocycles. The van der Waals surface area contributed by atoms with Crippen LogP contribution in [0.2, 0.25) is 0 Å². The minimum atomic E-state index is -0.208. The maximum Gasteiger partial charge on any atom is 0.193 e. The average Bonchev–Trinajstić information content (AvgIpc) is 2.88. The summed E-state index contributed by atoms with van der Waals surface area (Å²) in [6.07, 6.45) is 3.98. The third-order valence-corrected chi connectivity index (χ3v) is 3.56. The number of benzene rings is 1. The van der Waals surface area contributed by atoms with Gasteiger partial charge in [0.1, 0.15) is 5.82 Å². The molecule has 3 aromatic rings. The summed E-state index contributed by atoms with van der Waals surface area (Å²) in [4.78, 5) is 5.47. The summed E-state index contributed by atoms with van der Waals surface area (Å²) >= 11 is 1.61. The van der Waals surface area contributed by atoms with Crippen LogP contribution in [0.15, 0.2) is 36.0 Å². The van der Waals surface area contributed by atoms with Gasteiger partial charge in [-0.3, -0.25) is 4.40 Å². The number of hydrogen-bond donors (Lipinski definition) is 1. The van der Waals surface area contributed by atoms with Gasteiger partial charge in [-0.15, -0.1) is 11.3 Å². The van der Waals surface area contributed by atoms with Crippen LogP contribution in [-0.4, -0.2) is 9.38 Å². The molecule has 5 heteroatoms. The van der Waals surface area contributed by atoms with E-state index < -0.39 is 0 Å². The number of nitrogens with zero attached hydrogens (tertiary/aromatic N) is 2. The van der Waals surface area contributed by atoms with Gasteiger partial charge in [-0.1, -0.05) is 0 Å². The first-order valence-electron chi connectivity index (χ1n) is 5.63. The summed E-state index contributed by atoms with van der Waals surface area (Å²) in [5.41, 5.74) is 2.81. The lowest BCUT2D eigenvalue weighted by Gasteiger charge is -2.07. The van der Waals surface area contributed by atoms with Crippen molar-refractivity contribution < 1.29 is 4.39 Å². The van der Waals surface area contributed by atoms with Crippen molar-refractivity contribution in [3.63, 3.8) is 0 Å². The Morgan fingerprint density at radius 3 is 3.11 bits per heavy atom. The summed E-state index contributed by atoms with van der Waals surface area (Å²) in [6, 6.07) is 4.73. The zero-order valence-electron chi connectivity index (χ0n) is 9.85. The zero-order valence-corrected chi connectivity index (χ0v) is 10.7. The van der Waals surface area contributed by atoms with E-state index >= 15 is 0 Å². The molecule has 92 valence electrons. The van der Waals surface area contributed by atoms with Crippen LogP contribution in [0.1, 0.15) is 11.3 Å². The van der Waals surface area contributed by atoms with Crippen LogP contribution in [0.5, 0.6) is 0 Å². The molecule has 0 atom stereocenters. The molecule has 0 radical (unpaired) electrons. The number of imidazole rings is 1. The van der Waals surface area contributed by atoms with Crippen LogP contribution < -0.4 is 5.32 Å². The maximum absolute atomic E-state index is 13.0. The number of rotatable bonds is 3. The molecule has 3 nitrogen and oxygen atoms in total. The Labute approximate surface area is 108 Å². The molecule has 0 saturated heterocycles. The average molecular weight is 261 g/mol. The van der Waals surface area contributed by atoms with Crippen molar-refractivity contribution in [3.05, 3.63) is 53.0 Å². The van der Waals surface area contributed by atoms with Gasteiger partial charge in [-0.25, -0.2) is 9.37 Å². The van der Waals surface area contributed by atoms with E-state index in [1.807, 2.05) is 29.1 Å². The first-order chi connectivity index (χ1) is 8.72. The lowest BCUT2D eigenvalue weighted by Crippen LogP contribution is -2.01. The highest BCUT2D eigenvalue weighted by molar-refractivity contribution is 7.15. The van der Waals surface area contributed by atoms with Crippen molar-refractivity contribution in [3.8, 4) is 0 Å². The van der Waals surface area contributed by atoms with E-state index in [0.29, 0.717) is 6.54 Å². The monoisotopic (exact) mass is 261 g/mol. The van der Waals surface area contributed by atoms with Gasteiger partial charge in [0.05, 0.1) is 12.2 Å². The van der Waals surface area contributed by atoms with Crippen molar-refractivity contribution in [2.45, 2.75) is 13.5 Å². The first kappa shape index (κ1) is 11.2. The number of aryl methyl sites for hydroxylation is 1. The van der Waals surface area contributed by atoms with Gasteiger partial charge in [0.25, 0.3) is 0 Å². The van der Waals surface area contributed by atoms with Crippen LogP contribution in [0.3, 0.4) is 0 Å². The second-order valence-electron chi connectivity index (χ2n) is 4.14. The van der Waals surface area contributed by atoms with Gasteiger partial charge in [0.2, 0.25) is 0 Å². The molecule has 1 N–H and O–H groups in total. The topological polar surface area (TPSA) is 29.3 Å². The molecule has 0 aliphatic heterocycles. The van der Waals surface area contributed by atoms with Crippen molar-refractivity contribution >= 4 is 22.0 Å². The quantitative estimate of drug-likeness (QED) is 0.782. The number of hydrogen-bond acceptors (Lipinski definition) is 3. The highest BCUT2D eigenvalue weighted by Gasteiger charge is 2.04.